The van der Waals surface area contributed by atoms with Crippen LogP contribution >= 0.6 is 15.9 Å². The Kier molecular flexibility index (Phi) is 3.63. The van der Waals surface area contributed by atoms with Crippen LogP contribution in [-0.4, -0.2) is 27.4 Å². The van der Waals surface area contributed by atoms with E-state index in [1.807, 2.05) is 6.92 Å². The Morgan fingerprint density at radius 3 is 2.94 bits per heavy atom. The SMILES string of the molecule is Cc1c(Br)c[nH]c1C(=O)NCCc1cnc[nH]1. The van der Waals surface area contributed by atoms with Crippen molar-refractivity contribution in [2.75, 3.05) is 6.54 Å². The van der Waals surface area contributed by atoms with Crippen molar-refractivity contribution in [1.82, 2.24) is 20.3 Å². The van der Waals surface area contributed by atoms with Gasteiger partial charge in [-0.1, -0.05) is 0 Å². The van der Waals surface area contributed by atoms with E-state index in [0.717, 1.165) is 22.2 Å². The second-order valence-electron chi connectivity index (χ2n) is 3.72. The molecule has 0 bridgehead atoms. The van der Waals surface area contributed by atoms with Gasteiger partial charge in [-0.15, -0.1) is 0 Å². The summed E-state index contributed by atoms with van der Waals surface area (Å²) in [4.78, 5) is 21.7. The zero-order valence-electron chi connectivity index (χ0n) is 9.38. The minimum atomic E-state index is -0.0901. The molecule has 0 aliphatic heterocycles. The summed E-state index contributed by atoms with van der Waals surface area (Å²) in [7, 11) is 0. The predicted octanol–water partition coefficient (Wildman–Crippen LogP) is 1.78. The third-order valence-electron chi connectivity index (χ3n) is 2.54. The van der Waals surface area contributed by atoms with Gasteiger partial charge in [-0.3, -0.25) is 4.79 Å². The van der Waals surface area contributed by atoms with Crippen LogP contribution in [0.25, 0.3) is 0 Å². The summed E-state index contributed by atoms with van der Waals surface area (Å²) in [6.45, 7) is 2.47. The molecule has 17 heavy (non-hydrogen) atoms. The van der Waals surface area contributed by atoms with Gasteiger partial charge in [0, 0.05) is 35.5 Å². The van der Waals surface area contributed by atoms with Crippen molar-refractivity contribution in [3.8, 4) is 0 Å². The van der Waals surface area contributed by atoms with Crippen LogP contribution in [-0.2, 0) is 6.42 Å². The molecule has 0 saturated heterocycles. The van der Waals surface area contributed by atoms with Gasteiger partial charge in [0.15, 0.2) is 0 Å². The maximum absolute atomic E-state index is 11.8. The highest BCUT2D eigenvalue weighted by Gasteiger charge is 2.12. The number of carbonyl (C=O) groups is 1. The molecule has 0 unspecified atom stereocenters. The van der Waals surface area contributed by atoms with Gasteiger partial charge in [-0.2, -0.15) is 0 Å². The van der Waals surface area contributed by atoms with Gasteiger partial charge in [0.05, 0.1) is 6.33 Å². The number of aromatic nitrogens is 3. The first-order chi connectivity index (χ1) is 8.18. The number of imidazole rings is 1. The number of hydrogen-bond donors (Lipinski definition) is 3. The molecule has 0 aliphatic carbocycles. The first-order valence-corrected chi connectivity index (χ1v) is 6.06. The Labute approximate surface area is 107 Å². The third-order valence-corrected chi connectivity index (χ3v) is 3.36. The normalized spacial score (nSPS) is 10.5. The molecule has 1 amide bonds. The second-order valence-corrected chi connectivity index (χ2v) is 4.57. The summed E-state index contributed by atoms with van der Waals surface area (Å²) in [6, 6.07) is 0. The van der Waals surface area contributed by atoms with Gasteiger partial charge in [-0.05, 0) is 28.4 Å². The highest BCUT2D eigenvalue weighted by molar-refractivity contribution is 9.10. The Hall–Kier alpha value is -1.56. The fourth-order valence-electron chi connectivity index (χ4n) is 1.53. The molecule has 6 heteroatoms. The van der Waals surface area contributed by atoms with E-state index >= 15 is 0 Å². The number of halogens is 1. The summed E-state index contributed by atoms with van der Waals surface area (Å²) < 4.78 is 0.913. The Morgan fingerprint density at radius 1 is 1.53 bits per heavy atom. The molecule has 5 nitrogen and oxygen atoms in total. The van der Waals surface area contributed by atoms with E-state index in [-0.39, 0.29) is 5.91 Å². The lowest BCUT2D eigenvalue weighted by Crippen LogP contribution is -2.26. The van der Waals surface area contributed by atoms with Crippen molar-refractivity contribution in [3.63, 3.8) is 0 Å². The highest BCUT2D eigenvalue weighted by atomic mass is 79.9. The van der Waals surface area contributed by atoms with Gasteiger partial charge in [0.1, 0.15) is 5.69 Å². The minimum absolute atomic E-state index is 0.0901. The summed E-state index contributed by atoms with van der Waals surface area (Å²) in [5.74, 6) is -0.0901. The molecule has 0 spiro atoms. The zero-order chi connectivity index (χ0) is 12.3. The molecule has 2 rings (SSSR count). The standard InChI is InChI=1S/C11H13BrN4O/c1-7-9(12)5-15-10(7)11(17)14-3-2-8-4-13-6-16-8/h4-6,15H,2-3H2,1H3,(H,13,16)(H,14,17). The van der Waals surface area contributed by atoms with Gasteiger partial charge >= 0.3 is 0 Å². The number of amides is 1. The van der Waals surface area contributed by atoms with Crippen molar-refractivity contribution >= 4 is 21.8 Å². The quantitative estimate of drug-likeness (QED) is 0.805. The second kappa shape index (κ2) is 5.18. The van der Waals surface area contributed by atoms with Gasteiger partial charge in [0.25, 0.3) is 5.91 Å². The Balaban J connectivity index is 1.87. The van der Waals surface area contributed by atoms with E-state index in [1.165, 1.54) is 0 Å². The topological polar surface area (TPSA) is 73.6 Å². The Morgan fingerprint density at radius 2 is 2.35 bits per heavy atom. The lowest BCUT2D eigenvalue weighted by molar-refractivity contribution is 0.0949. The van der Waals surface area contributed by atoms with Crippen LogP contribution in [0.4, 0.5) is 0 Å². The number of H-pyrrole nitrogens is 2. The minimum Gasteiger partial charge on any atom is -0.356 e. The van der Waals surface area contributed by atoms with Crippen molar-refractivity contribution in [1.29, 1.82) is 0 Å². The number of hydrogen-bond acceptors (Lipinski definition) is 2. The van der Waals surface area contributed by atoms with Crippen LogP contribution < -0.4 is 5.32 Å². The van der Waals surface area contributed by atoms with Crippen LogP contribution in [0.15, 0.2) is 23.2 Å². The Bertz CT molecular complexity index is 504. The largest absolute Gasteiger partial charge is 0.356 e. The van der Waals surface area contributed by atoms with Crippen molar-refractivity contribution < 1.29 is 4.79 Å². The van der Waals surface area contributed by atoms with E-state index in [0.29, 0.717) is 12.2 Å². The van der Waals surface area contributed by atoms with Crippen LogP contribution in [0.2, 0.25) is 0 Å². The van der Waals surface area contributed by atoms with Crippen LogP contribution in [0.3, 0.4) is 0 Å². The van der Waals surface area contributed by atoms with E-state index in [2.05, 4.69) is 36.2 Å². The summed E-state index contributed by atoms with van der Waals surface area (Å²) in [5.41, 5.74) is 2.53. The molecule has 0 radical (unpaired) electrons. The van der Waals surface area contributed by atoms with Gasteiger partial charge in [0.2, 0.25) is 0 Å². The molecule has 0 aromatic carbocycles. The summed E-state index contributed by atoms with van der Waals surface area (Å²) in [5, 5.41) is 2.85. The maximum Gasteiger partial charge on any atom is 0.268 e. The van der Waals surface area contributed by atoms with Crippen molar-refractivity contribution in [2.24, 2.45) is 0 Å². The van der Waals surface area contributed by atoms with Gasteiger partial charge < -0.3 is 15.3 Å². The number of nitrogens with one attached hydrogen (secondary N) is 3. The van der Waals surface area contributed by atoms with E-state index in [9.17, 15) is 4.79 Å². The first-order valence-electron chi connectivity index (χ1n) is 5.27. The lowest BCUT2D eigenvalue weighted by Gasteiger charge is -2.03. The fourth-order valence-corrected chi connectivity index (χ4v) is 1.84. The lowest BCUT2D eigenvalue weighted by atomic mass is 10.2. The highest BCUT2D eigenvalue weighted by Crippen LogP contribution is 2.18. The molecule has 2 aromatic rings. The molecule has 90 valence electrons. The molecule has 2 aromatic heterocycles. The number of aromatic amines is 2. The molecule has 0 aliphatic rings. The average molecular weight is 297 g/mol. The predicted molar refractivity (Wildman–Crippen MR) is 67.9 cm³/mol. The first kappa shape index (κ1) is 11.9. The molecule has 0 saturated carbocycles. The molecule has 3 N–H and O–H groups in total. The number of nitrogens with zero attached hydrogens (tertiary/aromatic N) is 1. The fraction of sp³-hybridized carbons (Fsp3) is 0.273. The molecular weight excluding hydrogens is 284 g/mol. The van der Waals surface area contributed by atoms with Gasteiger partial charge in [-0.25, -0.2) is 4.98 Å². The number of rotatable bonds is 4. The summed E-state index contributed by atoms with van der Waals surface area (Å²) >= 11 is 3.36. The molecule has 2 heterocycles. The molecular formula is C11H13BrN4O. The smallest absolute Gasteiger partial charge is 0.268 e. The van der Waals surface area contributed by atoms with Crippen LogP contribution in [0.5, 0.6) is 0 Å². The maximum atomic E-state index is 11.8. The van der Waals surface area contributed by atoms with Crippen LogP contribution in [0.1, 0.15) is 21.7 Å². The average Bonchev–Trinajstić information content (AvgIpc) is 2.91. The zero-order valence-corrected chi connectivity index (χ0v) is 11.0. The van der Waals surface area contributed by atoms with Crippen molar-refractivity contribution in [2.45, 2.75) is 13.3 Å². The third kappa shape index (κ3) is 2.76. The molecule has 0 atom stereocenters. The summed E-state index contributed by atoms with van der Waals surface area (Å²) in [6.07, 6.45) is 5.89. The van der Waals surface area contributed by atoms with Crippen LogP contribution in [0, 0.1) is 6.92 Å². The number of carbonyl (C=O) groups excluding carboxylic acids is 1. The van der Waals surface area contributed by atoms with E-state index in [1.54, 1.807) is 18.7 Å². The van der Waals surface area contributed by atoms with Crippen molar-refractivity contribution in [3.05, 3.63) is 40.1 Å². The monoisotopic (exact) mass is 296 g/mol. The van der Waals surface area contributed by atoms with E-state index in [4.69, 9.17) is 0 Å². The molecule has 0 fully saturated rings. The van der Waals surface area contributed by atoms with E-state index < -0.39 is 0 Å².